The van der Waals surface area contributed by atoms with Crippen molar-refractivity contribution in [2.45, 2.75) is 52.4 Å². The number of hydrogen-bond acceptors (Lipinski definition) is 4. The van der Waals surface area contributed by atoms with Crippen LogP contribution in [-0.2, 0) is 9.53 Å². The normalized spacial score (nSPS) is 14.1. The van der Waals surface area contributed by atoms with Crippen LogP contribution in [0.2, 0.25) is 0 Å². The molecular weight excluding hydrogens is 252 g/mol. The first-order chi connectivity index (χ1) is 8.02. The highest BCUT2D eigenvalue weighted by Gasteiger charge is 2.37. The Morgan fingerprint density at radius 1 is 1.29 bits per heavy atom. The second-order valence-electron chi connectivity index (χ2n) is 4.48. The van der Waals surface area contributed by atoms with Gasteiger partial charge in [0.1, 0.15) is 5.41 Å². The Bertz CT molecular complexity index is 236. The molecule has 0 aromatic heterocycles. The van der Waals surface area contributed by atoms with Crippen LogP contribution < -0.4 is 0 Å². The standard InChI is InChI=1S/C13H24O2S2/c1-5-6-7-8-9-10-13(2,11(14)15-3)12(16)17-4/h5-10H2,1-4H3. The minimum atomic E-state index is -0.601. The summed E-state index contributed by atoms with van der Waals surface area (Å²) >= 11 is 6.77. The third-order valence-corrected chi connectivity index (χ3v) is 4.82. The van der Waals surface area contributed by atoms with Gasteiger partial charge in [-0.2, -0.15) is 0 Å². The van der Waals surface area contributed by atoms with Gasteiger partial charge in [0.15, 0.2) is 0 Å². The lowest BCUT2D eigenvalue weighted by atomic mass is 9.86. The molecule has 0 spiro atoms. The summed E-state index contributed by atoms with van der Waals surface area (Å²) in [6.45, 7) is 4.10. The number of ether oxygens (including phenoxy) is 1. The lowest BCUT2D eigenvalue weighted by Gasteiger charge is -2.26. The zero-order valence-corrected chi connectivity index (χ0v) is 13.0. The van der Waals surface area contributed by atoms with E-state index in [9.17, 15) is 4.79 Å². The summed E-state index contributed by atoms with van der Waals surface area (Å²) in [5, 5.41) is 0. The lowest BCUT2D eigenvalue weighted by molar-refractivity contribution is -0.147. The zero-order chi connectivity index (χ0) is 13.3. The first-order valence-corrected chi connectivity index (χ1v) is 7.83. The molecule has 0 radical (unpaired) electrons. The van der Waals surface area contributed by atoms with Crippen molar-refractivity contribution < 1.29 is 9.53 Å². The van der Waals surface area contributed by atoms with Crippen LogP contribution in [0.1, 0.15) is 52.4 Å². The minimum absolute atomic E-state index is 0.202. The van der Waals surface area contributed by atoms with Crippen molar-refractivity contribution in [2.75, 3.05) is 13.4 Å². The van der Waals surface area contributed by atoms with E-state index in [2.05, 4.69) is 6.92 Å². The van der Waals surface area contributed by atoms with Crippen molar-refractivity contribution >= 4 is 34.1 Å². The molecule has 0 heterocycles. The topological polar surface area (TPSA) is 26.3 Å². The molecule has 17 heavy (non-hydrogen) atoms. The number of methoxy groups -OCH3 is 1. The molecular formula is C13H24O2S2. The average molecular weight is 276 g/mol. The average Bonchev–Trinajstić information content (AvgIpc) is 2.36. The molecule has 0 aromatic rings. The van der Waals surface area contributed by atoms with E-state index in [1.165, 1.54) is 38.1 Å². The lowest BCUT2D eigenvalue weighted by Crippen LogP contribution is -2.34. The summed E-state index contributed by atoms with van der Waals surface area (Å²) in [5.41, 5.74) is -0.601. The number of thioether (sulfide) groups is 1. The van der Waals surface area contributed by atoms with Gasteiger partial charge in [-0.1, -0.05) is 51.2 Å². The molecule has 0 bridgehead atoms. The van der Waals surface area contributed by atoms with Crippen LogP contribution >= 0.6 is 24.0 Å². The Balaban J connectivity index is 4.30. The highest BCUT2D eigenvalue weighted by Crippen LogP contribution is 2.32. The van der Waals surface area contributed by atoms with E-state index in [0.717, 1.165) is 23.5 Å². The number of thiocarbonyl (C=S) groups is 1. The third kappa shape index (κ3) is 5.38. The van der Waals surface area contributed by atoms with E-state index < -0.39 is 5.41 Å². The summed E-state index contributed by atoms with van der Waals surface area (Å²) in [4.78, 5) is 11.8. The van der Waals surface area contributed by atoms with Gasteiger partial charge >= 0.3 is 5.97 Å². The Hall–Kier alpha value is -0.0900. The Morgan fingerprint density at radius 2 is 1.88 bits per heavy atom. The van der Waals surface area contributed by atoms with Crippen LogP contribution in [0.3, 0.4) is 0 Å². The van der Waals surface area contributed by atoms with Gasteiger partial charge in [-0.3, -0.25) is 4.79 Å². The fourth-order valence-electron chi connectivity index (χ4n) is 1.82. The van der Waals surface area contributed by atoms with E-state index in [1.54, 1.807) is 0 Å². The monoisotopic (exact) mass is 276 g/mol. The molecule has 0 aromatic carbocycles. The second kappa shape index (κ2) is 8.92. The predicted molar refractivity (Wildman–Crippen MR) is 79.6 cm³/mol. The molecule has 0 aliphatic heterocycles. The molecule has 0 N–H and O–H groups in total. The van der Waals surface area contributed by atoms with Gasteiger partial charge in [0.2, 0.25) is 0 Å². The number of esters is 1. The van der Waals surface area contributed by atoms with Gasteiger partial charge < -0.3 is 4.74 Å². The second-order valence-corrected chi connectivity index (χ2v) is 5.96. The van der Waals surface area contributed by atoms with Crippen molar-refractivity contribution in [3.63, 3.8) is 0 Å². The molecule has 100 valence electrons. The highest BCUT2D eigenvalue weighted by molar-refractivity contribution is 8.22. The molecule has 2 nitrogen and oxygen atoms in total. The maximum absolute atomic E-state index is 11.8. The third-order valence-electron chi connectivity index (χ3n) is 3.05. The molecule has 4 heteroatoms. The van der Waals surface area contributed by atoms with Gasteiger partial charge in [-0.25, -0.2) is 0 Å². The van der Waals surface area contributed by atoms with Crippen molar-refractivity contribution in [1.82, 2.24) is 0 Å². The molecule has 0 aliphatic rings. The Kier molecular flexibility index (Phi) is 8.88. The highest BCUT2D eigenvalue weighted by atomic mass is 32.2. The summed E-state index contributed by atoms with van der Waals surface area (Å²) in [7, 11) is 1.43. The molecule has 0 rings (SSSR count). The Labute approximate surface area is 115 Å². The first kappa shape index (κ1) is 16.9. The molecule has 0 saturated carbocycles. The van der Waals surface area contributed by atoms with E-state index in [1.807, 2.05) is 13.2 Å². The maximum Gasteiger partial charge on any atom is 0.317 e. The zero-order valence-electron chi connectivity index (χ0n) is 11.4. The van der Waals surface area contributed by atoms with E-state index in [4.69, 9.17) is 17.0 Å². The SMILES string of the molecule is CCCCCCCC(C)(C(=O)OC)C(=S)SC. The number of unbranched alkanes of at least 4 members (excludes halogenated alkanes) is 4. The Morgan fingerprint density at radius 3 is 2.35 bits per heavy atom. The van der Waals surface area contributed by atoms with Crippen LogP contribution in [0.5, 0.6) is 0 Å². The number of rotatable bonds is 8. The van der Waals surface area contributed by atoms with Crippen molar-refractivity contribution in [3.05, 3.63) is 0 Å². The smallest absolute Gasteiger partial charge is 0.317 e. The van der Waals surface area contributed by atoms with Gasteiger partial charge in [0.05, 0.1) is 11.3 Å². The maximum atomic E-state index is 11.8. The number of hydrogen-bond donors (Lipinski definition) is 0. The van der Waals surface area contributed by atoms with Crippen LogP contribution in [0.25, 0.3) is 0 Å². The van der Waals surface area contributed by atoms with E-state index in [0.29, 0.717) is 0 Å². The number of carbonyl (C=O) groups is 1. The molecule has 0 fully saturated rings. The van der Waals surface area contributed by atoms with Crippen LogP contribution in [0, 0.1) is 5.41 Å². The largest absolute Gasteiger partial charge is 0.468 e. The van der Waals surface area contributed by atoms with Gasteiger partial charge in [0.25, 0.3) is 0 Å². The molecule has 1 atom stereocenters. The first-order valence-electron chi connectivity index (χ1n) is 6.19. The van der Waals surface area contributed by atoms with Crippen molar-refractivity contribution in [2.24, 2.45) is 5.41 Å². The summed E-state index contributed by atoms with van der Waals surface area (Å²) in [6.07, 6.45) is 8.65. The van der Waals surface area contributed by atoms with Crippen LogP contribution in [-0.4, -0.2) is 23.5 Å². The summed E-state index contributed by atoms with van der Waals surface area (Å²) < 4.78 is 5.61. The van der Waals surface area contributed by atoms with Crippen LogP contribution in [0.4, 0.5) is 0 Å². The summed E-state index contributed by atoms with van der Waals surface area (Å²) in [6, 6.07) is 0. The number of carbonyl (C=O) groups excluding carboxylic acids is 1. The predicted octanol–water partition coefficient (Wildman–Crippen LogP) is 4.22. The van der Waals surface area contributed by atoms with Gasteiger partial charge in [-0.15, -0.1) is 11.8 Å². The minimum Gasteiger partial charge on any atom is -0.468 e. The van der Waals surface area contributed by atoms with Gasteiger partial charge in [0, 0.05) is 0 Å². The fraction of sp³-hybridized carbons (Fsp3) is 0.846. The molecule has 0 amide bonds. The van der Waals surface area contributed by atoms with Crippen molar-refractivity contribution in [3.8, 4) is 0 Å². The fourth-order valence-corrected chi connectivity index (χ4v) is 2.64. The summed E-state index contributed by atoms with van der Waals surface area (Å²) in [5.74, 6) is -0.202. The van der Waals surface area contributed by atoms with Crippen LogP contribution in [0.15, 0.2) is 0 Å². The molecule has 0 aliphatic carbocycles. The van der Waals surface area contributed by atoms with Gasteiger partial charge in [-0.05, 0) is 19.6 Å². The molecule has 0 saturated heterocycles. The van der Waals surface area contributed by atoms with E-state index in [-0.39, 0.29) is 5.97 Å². The quantitative estimate of drug-likeness (QED) is 0.377. The van der Waals surface area contributed by atoms with E-state index >= 15 is 0 Å². The molecule has 1 unspecified atom stereocenters. The van der Waals surface area contributed by atoms with Crippen molar-refractivity contribution in [1.29, 1.82) is 0 Å².